The molecule has 0 spiro atoms. The average Bonchev–Trinajstić information content (AvgIpc) is 3.50. The Hall–Kier alpha value is -4.17. The van der Waals surface area contributed by atoms with Crippen molar-refractivity contribution in [3.8, 4) is 34.1 Å². The maximum Gasteiger partial charge on any atom is 0.260 e. The molecule has 0 bridgehead atoms. The minimum Gasteiger partial charge on any atom is -0.454 e. The van der Waals surface area contributed by atoms with Gasteiger partial charge in [0.2, 0.25) is 18.6 Å². The number of hydrogen-bond acceptors (Lipinski definition) is 7. The first kappa shape index (κ1) is 19.5. The average molecular weight is 459 g/mol. The Morgan fingerprint density at radius 3 is 2.73 bits per heavy atom. The number of halogens is 1. The highest BCUT2D eigenvalue weighted by Crippen LogP contribution is 2.35. The van der Waals surface area contributed by atoms with Gasteiger partial charge in [0, 0.05) is 33.3 Å². The number of hydrogen-bond donors (Lipinski definition) is 0. The first-order valence-corrected chi connectivity index (χ1v) is 10.5. The normalized spacial score (nSPS) is 12.4. The lowest BCUT2D eigenvalue weighted by atomic mass is 10.1. The maximum atomic E-state index is 13.5. The minimum atomic E-state index is -0.253. The molecule has 33 heavy (non-hydrogen) atoms. The molecule has 0 amide bonds. The van der Waals surface area contributed by atoms with E-state index in [4.69, 9.17) is 25.5 Å². The minimum absolute atomic E-state index is 0.0577. The number of aromatic nitrogens is 4. The van der Waals surface area contributed by atoms with Crippen LogP contribution < -0.4 is 15.0 Å². The van der Waals surface area contributed by atoms with E-state index in [1.54, 1.807) is 30.5 Å². The van der Waals surface area contributed by atoms with Gasteiger partial charge in [-0.15, -0.1) is 10.2 Å². The monoisotopic (exact) mass is 458 g/mol. The summed E-state index contributed by atoms with van der Waals surface area (Å²) < 4.78 is 18.1. The molecule has 0 atom stereocenters. The fourth-order valence-corrected chi connectivity index (χ4v) is 4.06. The third kappa shape index (κ3) is 3.41. The Morgan fingerprint density at radius 2 is 1.82 bits per heavy atom. The first-order valence-electron chi connectivity index (χ1n) is 10.1. The molecule has 3 aromatic heterocycles. The lowest BCUT2D eigenvalue weighted by Gasteiger charge is -2.11. The van der Waals surface area contributed by atoms with E-state index in [0.717, 1.165) is 5.39 Å². The number of benzene rings is 2. The maximum absolute atomic E-state index is 13.5. The van der Waals surface area contributed by atoms with Crippen molar-refractivity contribution in [1.82, 2.24) is 19.7 Å². The predicted octanol–water partition coefficient (Wildman–Crippen LogP) is 4.54. The van der Waals surface area contributed by atoms with Gasteiger partial charge in [-0.25, -0.2) is 4.98 Å². The van der Waals surface area contributed by atoms with Crippen molar-refractivity contribution in [2.75, 3.05) is 6.79 Å². The fourth-order valence-electron chi connectivity index (χ4n) is 3.82. The molecule has 0 N–H and O–H groups in total. The smallest absolute Gasteiger partial charge is 0.260 e. The molecule has 0 aliphatic carbocycles. The predicted molar refractivity (Wildman–Crippen MR) is 121 cm³/mol. The van der Waals surface area contributed by atoms with E-state index in [0.29, 0.717) is 44.7 Å². The number of pyridine rings is 2. The first-order chi connectivity index (χ1) is 16.2. The van der Waals surface area contributed by atoms with Gasteiger partial charge in [-0.05, 0) is 42.5 Å². The highest BCUT2D eigenvalue weighted by Gasteiger charge is 2.19. The molecule has 4 heterocycles. The Balaban J connectivity index is 1.43. The van der Waals surface area contributed by atoms with Crippen LogP contribution in [0.2, 0.25) is 5.02 Å². The molecule has 6 rings (SSSR count). The number of ether oxygens (including phenoxy) is 2. The summed E-state index contributed by atoms with van der Waals surface area (Å²) in [7, 11) is 0. The summed E-state index contributed by atoms with van der Waals surface area (Å²) >= 11 is 6.38. The van der Waals surface area contributed by atoms with Crippen molar-refractivity contribution in [3.05, 3.63) is 88.1 Å². The van der Waals surface area contributed by atoms with Gasteiger partial charge in [0.05, 0.1) is 0 Å². The van der Waals surface area contributed by atoms with Gasteiger partial charge in [0.25, 0.3) is 5.56 Å². The van der Waals surface area contributed by atoms with Crippen LogP contribution in [0.15, 0.2) is 76.1 Å². The molecule has 0 fully saturated rings. The molecule has 1 aliphatic heterocycles. The van der Waals surface area contributed by atoms with Crippen molar-refractivity contribution in [2.45, 2.75) is 6.54 Å². The molecule has 0 unspecified atom stereocenters. The van der Waals surface area contributed by atoms with Crippen molar-refractivity contribution >= 4 is 22.6 Å². The third-order valence-electron chi connectivity index (χ3n) is 5.39. The van der Waals surface area contributed by atoms with Gasteiger partial charge in [-0.3, -0.25) is 9.36 Å². The van der Waals surface area contributed by atoms with Gasteiger partial charge in [-0.2, -0.15) is 0 Å². The second-order valence-corrected chi connectivity index (χ2v) is 7.82. The number of fused-ring (bicyclic) bond motifs is 2. The molecule has 0 radical (unpaired) electrons. The Kier molecular flexibility index (Phi) is 4.58. The van der Waals surface area contributed by atoms with Gasteiger partial charge in [-0.1, -0.05) is 29.8 Å². The van der Waals surface area contributed by atoms with Crippen LogP contribution >= 0.6 is 11.6 Å². The highest BCUT2D eigenvalue weighted by atomic mass is 35.5. The van der Waals surface area contributed by atoms with Crippen LogP contribution in [0.1, 0.15) is 5.89 Å². The van der Waals surface area contributed by atoms with Crippen molar-refractivity contribution in [3.63, 3.8) is 0 Å². The Morgan fingerprint density at radius 1 is 0.939 bits per heavy atom. The van der Waals surface area contributed by atoms with E-state index >= 15 is 0 Å². The van der Waals surface area contributed by atoms with Crippen molar-refractivity contribution < 1.29 is 13.9 Å². The zero-order valence-electron chi connectivity index (χ0n) is 17.1. The van der Waals surface area contributed by atoms with Gasteiger partial charge >= 0.3 is 0 Å². The largest absolute Gasteiger partial charge is 0.454 e. The van der Waals surface area contributed by atoms with Crippen molar-refractivity contribution in [1.29, 1.82) is 0 Å². The molecular weight excluding hydrogens is 444 g/mol. The highest BCUT2D eigenvalue weighted by molar-refractivity contribution is 6.33. The molecule has 0 saturated carbocycles. The van der Waals surface area contributed by atoms with Crippen molar-refractivity contribution in [2.24, 2.45) is 0 Å². The van der Waals surface area contributed by atoms with Gasteiger partial charge in [0.1, 0.15) is 12.2 Å². The standard InChI is InChI=1S/C24H15ClN4O4/c25-18-6-2-1-5-16(18)17-10-14-4-3-9-26-22(14)29(24(17)30)12-21-27-28-23(33-21)15-7-8-19-20(11-15)32-13-31-19/h1-11H,12-13H2. The molecule has 2 aromatic carbocycles. The molecule has 1 aliphatic rings. The van der Waals surface area contributed by atoms with Gasteiger partial charge < -0.3 is 13.9 Å². The van der Waals surface area contributed by atoms with Crippen LogP contribution in [0.3, 0.4) is 0 Å². The fraction of sp³-hybridized carbons (Fsp3) is 0.0833. The quantitative estimate of drug-likeness (QED) is 0.390. The molecule has 162 valence electrons. The summed E-state index contributed by atoms with van der Waals surface area (Å²) in [6, 6.07) is 18.1. The lowest BCUT2D eigenvalue weighted by Crippen LogP contribution is -2.23. The third-order valence-corrected chi connectivity index (χ3v) is 5.72. The Bertz CT molecular complexity index is 1580. The van der Waals surface area contributed by atoms with Crippen LogP contribution in [0.25, 0.3) is 33.6 Å². The SMILES string of the molecule is O=c1c(-c2ccccc2Cl)cc2cccnc2n1Cc1nnc(-c2ccc3c(c2)OCO3)o1. The molecule has 0 saturated heterocycles. The molecule has 9 heteroatoms. The van der Waals surface area contributed by atoms with E-state index in [2.05, 4.69) is 15.2 Å². The van der Waals surface area contributed by atoms with E-state index in [9.17, 15) is 4.79 Å². The molecule has 8 nitrogen and oxygen atoms in total. The topological polar surface area (TPSA) is 92.3 Å². The Labute approximate surface area is 192 Å². The molecule has 5 aromatic rings. The summed E-state index contributed by atoms with van der Waals surface area (Å²) in [6.45, 7) is 0.237. The molecular formula is C24H15ClN4O4. The summed E-state index contributed by atoms with van der Waals surface area (Å²) in [6.07, 6.45) is 1.64. The lowest BCUT2D eigenvalue weighted by molar-refractivity contribution is 0.174. The van der Waals surface area contributed by atoms with E-state index in [-0.39, 0.29) is 24.8 Å². The summed E-state index contributed by atoms with van der Waals surface area (Å²) in [5, 5.41) is 9.58. The van der Waals surface area contributed by atoms with Crippen LogP contribution in [-0.2, 0) is 6.54 Å². The summed E-state index contributed by atoms with van der Waals surface area (Å²) in [5.74, 6) is 1.87. The zero-order valence-corrected chi connectivity index (χ0v) is 17.8. The summed E-state index contributed by atoms with van der Waals surface area (Å²) in [4.78, 5) is 17.9. The van der Waals surface area contributed by atoms with E-state index in [1.165, 1.54) is 4.57 Å². The second kappa shape index (κ2) is 7.75. The number of rotatable bonds is 4. The summed E-state index contributed by atoms with van der Waals surface area (Å²) in [5.41, 5.74) is 2.07. The van der Waals surface area contributed by atoms with E-state index < -0.39 is 0 Å². The number of nitrogens with zero attached hydrogens (tertiary/aromatic N) is 4. The zero-order chi connectivity index (χ0) is 22.4. The van der Waals surface area contributed by atoms with Crippen LogP contribution in [-0.4, -0.2) is 26.5 Å². The van der Waals surface area contributed by atoms with E-state index in [1.807, 2.05) is 36.4 Å². The van der Waals surface area contributed by atoms with Crippen LogP contribution in [0.5, 0.6) is 11.5 Å². The van der Waals surface area contributed by atoms with Crippen LogP contribution in [0, 0.1) is 0 Å². The van der Waals surface area contributed by atoms with Crippen LogP contribution in [0.4, 0.5) is 0 Å². The van der Waals surface area contributed by atoms with Gasteiger partial charge in [0.15, 0.2) is 11.5 Å². The second-order valence-electron chi connectivity index (χ2n) is 7.41.